The average molecular weight is 562 g/mol. The van der Waals surface area contributed by atoms with Crippen molar-refractivity contribution in [2.24, 2.45) is 13.0 Å². The van der Waals surface area contributed by atoms with Crippen LogP contribution in [0.25, 0.3) is 22.4 Å². The van der Waals surface area contributed by atoms with E-state index in [0.717, 1.165) is 44.1 Å². The lowest BCUT2D eigenvalue weighted by molar-refractivity contribution is -0.154. The average Bonchev–Trinajstić information content (AvgIpc) is 3.25. The molecule has 1 saturated heterocycles. The number of ether oxygens (including phenoxy) is 1. The van der Waals surface area contributed by atoms with Crippen LogP contribution in [0.2, 0.25) is 0 Å². The van der Waals surface area contributed by atoms with Gasteiger partial charge in [-0.1, -0.05) is 25.9 Å². The largest absolute Gasteiger partial charge is 0.493 e. The van der Waals surface area contributed by atoms with E-state index >= 15 is 0 Å². The third kappa shape index (κ3) is 6.52. The molecule has 2 aromatic heterocycles. The summed E-state index contributed by atoms with van der Waals surface area (Å²) in [6.07, 6.45) is 6.72. The molecule has 0 radical (unpaired) electrons. The fourth-order valence-corrected chi connectivity index (χ4v) is 6.56. The van der Waals surface area contributed by atoms with Crippen LogP contribution in [-0.4, -0.2) is 60.7 Å². The lowest BCUT2D eigenvalue weighted by Crippen LogP contribution is -2.38. The minimum absolute atomic E-state index is 0.150. The van der Waals surface area contributed by atoms with Crippen LogP contribution in [0.4, 0.5) is 0 Å². The summed E-state index contributed by atoms with van der Waals surface area (Å²) in [5.74, 6) is 1.15. The summed E-state index contributed by atoms with van der Waals surface area (Å²) in [4.78, 5) is 30.8. The van der Waals surface area contributed by atoms with E-state index in [1.165, 1.54) is 11.4 Å². The normalized spacial score (nSPS) is 15.3. The number of hydrogen-bond acceptors (Lipinski definition) is 8. The summed E-state index contributed by atoms with van der Waals surface area (Å²) < 4.78 is 36.6. The van der Waals surface area contributed by atoms with Crippen molar-refractivity contribution in [3.63, 3.8) is 0 Å². The molecule has 0 atom stereocenters. The summed E-state index contributed by atoms with van der Waals surface area (Å²) in [5, 5.41) is 0. The van der Waals surface area contributed by atoms with E-state index in [2.05, 4.69) is 22.4 Å². The molecule has 0 bridgehead atoms. The number of aryl methyl sites for hydroxylation is 2. The Balaban J connectivity index is 1.65. The third-order valence-electron chi connectivity index (χ3n) is 7.07. The van der Waals surface area contributed by atoms with Crippen molar-refractivity contribution in [1.29, 1.82) is 0 Å². The maximum absolute atomic E-state index is 13.7. The number of piperidine rings is 1. The Labute approximate surface area is 229 Å². The van der Waals surface area contributed by atoms with Crippen LogP contribution < -0.4 is 15.9 Å². The van der Waals surface area contributed by atoms with Gasteiger partial charge in [0.25, 0.3) is 5.56 Å². The van der Waals surface area contributed by atoms with Crippen LogP contribution in [0.3, 0.4) is 0 Å². The summed E-state index contributed by atoms with van der Waals surface area (Å²) in [7, 11) is -0.449. The van der Waals surface area contributed by atoms with E-state index in [4.69, 9.17) is 14.6 Å². The van der Waals surface area contributed by atoms with Gasteiger partial charge in [-0.25, -0.2) is 13.4 Å². The quantitative estimate of drug-likeness (QED) is 0.240. The summed E-state index contributed by atoms with van der Waals surface area (Å²) >= 11 is 0. The van der Waals surface area contributed by atoms with Crippen LogP contribution in [0.1, 0.15) is 51.5 Å². The molecule has 0 spiro atoms. The Morgan fingerprint density at radius 1 is 1.15 bits per heavy atom. The maximum atomic E-state index is 13.7. The second-order valence-electron chi connectivity index (χ2n) is 9.91. The first-order valence-electron chi connectivity index (χ1n) is 13.6. The molecule has 0 aliphatic carbocycles. The monoisotopic (exact) mass is 561 g/mol. The molecule has 0 amide bonds. The number of fused-ring (bicyclic) bond motifs is 1. The molecule has 214 valence electrons. The molecule has 3 aromatic rings. The maximum Gasteiger partial charge on any atom is 0.275 e. The van der Waals surface area contributed by atoms with Gasteiger partial charge in [0.05, 0.1) is 36.3 Å². The highest BCUT2D eigenvalue weighted by Crippen LogP contribution is 2.33. The molecule has 1 aromatic carbocycles. The number of sulfonamides is 1. The van der Waals surface area contributed by atoms with Gasteiger partial charge in [0.2, 0.25) is 10.0 Å². The van der Waals surface area contributed by atoms with Crippen LogP contribution in [0, 0.1) is 5.92 Å². The van der Waals surface area contributed by atoms with E-state index in [9.17, 15) is 13.2 Å². The number of rotatable bonds is 13. The van der Waals surface area contributed by atoms with Crippen molar-refractivity contribution >= 4 is 21.1 Å². The smallest absolute Gasteiger partial charge is 0.275 e. The number of nitrogens with zero attached hydrogens (tertiary/aromatic N) is 3. The zero-order valence-electron chi connectivity index (χ0n) is 23.2. The van der Waals surface area contributed by atoms with Crippen LogP contribution in [-0.2, 0) is 33.2 Å². The van der Waals surface area contributed by atoms with Crippen LogP contribution in [0.5, 0.6) is 5.75 Å². The van der Waals surface area contributed by atoms with Gasteiger partial charge < -0.3 is 14.3 Å². The molecule has 1 fully saturated rings. The van der Waals surface area contributed by atoms with Crippen molar-refractivity contribution in [1.82, 2.24) is 24.5 Å². The molecule has 1 aliphatic rings. The Bertz CT molecular complexity index is 1430. The fourth-order valence-electron chi connectivity index (χ4n) is 5.06. The minimum Gasteiger partial charge on any atom is -0.493 e. The Hall–Kier alpha value is -2.77. The molecular weight excluding hydrogens is 522 g/mol. The predicted octanol–water partition coefficient (Wildman–Crippen LogP) is 3.54. The second-order valence-corrected chi connectivity index (χ2v) is 11.8. The number of aromatic amines is 1. The molecular formula is C27H39N5O6S. The van der Waals surface area contributed by atoms with E-state index in [-0.39, 0.29) is 10.5 Å². The topological polar surface area (TPSA) is 128 Å². The number of aromatic nitrogens is 3. The first-order valence-corrected chi connectivity index (χ1v) is 15.0. The van der Waals surface area contributed by atoms with Gasteiger partial charge in [-0.3, -0.25) is 14.5 Å². The lowest BCUT2D eigenvalue weighted by atomic mass is 9.95. The molecule has 12 heteroatoms. The minimum atomic E-state index is -3.76. The highest BCUT2D eigenvalue weighted by atomic mass is 32.2. The first kappa shape index (κ1) is 29.2. The number of hydrogen-bond donors (Lipinski definition) is 2. The summed E-state index contributed by atoms with van der Waals surface area (Å²) in [5.41, 5.74) is 4.63. The van der Waals surface area contributed by atoms with Crippen molar-refractivity contribution in [3.05, 3.63) is 40.3 Å². The molecule has 4 rings (SSSR count). The van der Waals surface area contributed by atoms with Gasteiger partial charge in [0.1, 0.15) is 17.1 Å². The van der Waals surface area contributed by atoms with Gasteiger partial charge in [-0.15, -0.1) is 0 Å². The number of benzene rings is 1. The van der Waals surface area contributed by atoms with Crippen molar-refractivity contribution in [3.8, 4) is 17.1 Å². The Kier molecular flexibility index (Phi) is 9.78. The zero-order chi connectivity index (χ0) is 28.0. The summed E-state index contributed by atoms with van der Waals surface area (Å²) in [6, 6.07) is 4.80. The van der Waals surface area contributed by atoms with Gasteiger partial charge in [-0.05, 0) is 61.8 Å². The zero-order valence-corrected chi connectivity index (χ0v) is 24.0. The van der Waals surface area contributed by atoms with E-state index in [1.807, 2.05) is 20.2 Å². The van der Waals surface area contributed by atoms with Crippen molar-refractivity contribution < 1.29 is 22.8 Å². The highest BCUT2D eigenvalue weighted by Gasteiger charge is 2.30. The highest BCUT2D eigenvalue weighted by molar-refractivity contribution is 7.89. The van der Waals surface area contributed by atoms with E-state index in [0.29, 0.717) is 60.4 Å². The number of nitrogens with one attached hydrogen (secondary N) is 2. The van der Waals surface area contributed by atoms with Crippen molar-refractivity contribution in [2.45, 2.75) is 57.3 Å². The van der Waals surface area contributed by atoms with Gasteiger partial charge in [0, 0.05) is 26.3 Å². The SMILES string of the molecule is CCCOc1ccc(S(=O)(=O)N2CCC(CCONOC)CC2)cc1-c1nc2c(CCC)cn(C)c2c(=O)[nH]1. The summed E-state index contributed by atoms with van der Waals surface area (Å²) in [6.45, 7) is 5.88. The second kappa shape index (κ2) is 13.1. The first-order chi connectivity index (χ1) is 18.8. The third-order valence-corrected chi connectivity index (χ3v) is 8.96. The fraction of sp³-hybridized carbons (Fsp3) is 0.556. The van der Waals surface area contributed by atoms with Crippen LogP contribution >= 0.6 is 0 Å². The predicted molar refractivity (Wildman–Crippen MR) is 149 cm³/mol. The molecule has 0 unspecified atom stereocenters. The van der Waals surface area contributed by atoms with Gasteiger partial charge in [-0.2, -0.15) is 4.31 Å². The van der Waals surface area contributed by atoms with E-state index in [1.54, 1.807) is 22.8 Å². The lowest BCUT2D eigenvalue weighted by Gasteiger charge is -2.31. The Morgan fingerprint density at radius 3 is 2.62 bits per heavy atom. The molecule has 11 nitrogen and oxygen atoms in total. The van der Waals surface area contributed by atoms with Gasteiger partial charge >= 0.3 is 0 Å². The molecule has 3 heterocycles. The van der Waals surface area contributed by atoms with Crippen molar-refractivity contribution in [2.75, 3.05) is 33.4 Å². The molecule has 0 saturated carbocycles. The van der Waals surface area contributed by atoms with E-state index < -0.39 is 10.0 Å². The van der Waals surface area contributed by atoms with Gasteiger partial charge in [0.15, 0.2) is 0 Å². The molecule has 39 heavy (non-hydrogen) atoms. The van der Waals surface area contributed by atoms with Crippen LogP contribution in [0.15, 0.2) is 34.1 Å². The standard InChI is InChI=1S/C27H39N5O6S/c1-5-7-20-18-31(3)25-24(20)28-26(29-27(25)33)22-17-21(8-9-23(22)37-15-6-2)39(34,35)32-13-10-19(11-14-32)12-16-38-30-36-4/h8-9,17-19,30H,5-7,10-16H2,1-4H3,(H,28,29,33). The Morgan fingerprint density at radius 2 is 1.92 bits per heavy atom. The molecule has 2 N–H and O–H groups in total. The molecule has 1 aliphatic heterocycles. The number of H-pyrrole nitrogens is 1.